The molecule has 2 atom stereocenters. The van der Waals surface area contributed by atoms with Gasteiger partial charge in [-0.05, 0) is 24.3 Å². The quantitative estimate of drug-likeness (QED) is 0.436. The molecule has 168 valence electrons. The molecule has 0 aliphatic carbocycles. The van der Waals surface area contributed by atoms with Crippen molar-refractivity contribution in [2.24, 2.45) is 5.92 Å². The van der Waals surface area contributed by atoms with Crippen molar-refractivity contribution in [1.29, 1.82) is 0 Å². The van der Waals surface area contributed by atoms with E-state index >= 15 is 0 Å². The van der Waals surface area contributed by atoms with Gasteiger partial charge in [-0.15, -0.1) is 0 Å². The number of aryl methyl sites for hydroxylation is 1. The fraction of sp³-hybridized carbons (Fsp3) is 0.269. The number of benzene rings is 2. The smallest absolute Gasteiger partial charge is 0.270 e. The number of carbonyl (C=O) groups is 1. The van der Waals surface area contributed by atoms with E-state index in [1.807, 2.05) is 18.2 Å². The Bertz CT molecular complexity index is 1270. The Morgan fingerprint density at radius 1 is 0.970 bits per heavy atom. The first-order chi connectivity index (χ1) is 16.0. The highest BCUT2D eigenvalue weighted by Crippen LogP contribution is 2.30. The van der Waals surface area contributed by atoms with Gasteiger partial charge in [0.05, 0.1) is 11.2 Å². The lowest BCUT2D eigenvalue weighted by Crippen LogP contribution is -2.20. The maximum Gasteiger partial charge on any atom is 0.270 e. The van der Waals surface area contributed by atoms with Gasteiger partial charge in [0.1, 0.15) is 24.2 Å². The maximum atomic E-state index is 12.2. The van der Waals surface area contributed by atoms with Crippen molar-refractivity contribution >= 4 is 22.6 Å². The molecule has 4 rings (SSSR count). The minimum atomic E-state index is -0.213. The van der Waals surface area contributed by atoms with Crippen LogP contribution in [0.4, 0.5) is 5.82 Å². The van der Waals surface area contributed by atoms with E-state index in [-0.39, 0.29) is 17.7 Å². The zero-order chi connectivity index (χ0) is 23.4. The van der Waals surface area contributed by atoms with Gasteiger partial charge < -0.3 is 10.6 Å². The van der Waals surface area contributed by atoms with Gasteiger partial charge in [0.25, 0.3) is 5.91 Å². The summed E-state index contributed by atoms with van der Waals surface area (Å²) in [5, 5.41) is 6.87. The molecule has 1 amide bonds. The predicted octanol–water partition coefficient (Wildman–Crippen LogP) is 4.61. The molecular formula is C26H28N6O. The second-order valence-corrected chi connectivity index (χ2v) is 8.35. The van der Waals surface area contributed by atoms with E-state index in [4.69, 9.17) is 0 Å². The third kappa shape index (κ3) is 4.82. The van der Waals surface area contributed by atoms with Crippen molar-refractivity contribution in [3.05, 3.63) is 78.0 Å². The Kier molecular flexibility index (Phi) is 6.58. The minimum Gasteiger partial charge on any atom is -0.370 e. The van der Waals surface area contributed by atoms with Gasteiger partial charge in [0.2, 0.25) is 0 Å². The second kappa shape index (κ2) is 9.73. The average molecular weight is 441 g/mol. The summed E-state index contributed by atoms with van der Waals surface area (Å²) < 4.78 is 0. The van der Waals surface area contributed by atoms with E-state index in [1.54, 1.807) is 13.4 Å². The highest BCUT2D eigenvalue weighted by Gasteiger charge is 2.20. The fourth-order valence-electron chi connectivity index (χ4n) is 3.86. The van der Waals surface area contributed by atoms with Crippen LogP contribution < -0.4 is 10.6 Å². The summed E-state index contributed by atoms with van der Waals surface area (Å²) in [5.74, 6) is 1.07. The summed E-state index contributed by atoms with van der Waals surface area (Å²) in [6, 6.07) is 16.2. The number of nitrogens with one attached hydrogen (secondary N) is 2. The number of para-hydroxylation sites is 1. The molecule has 0 radical (unpaired) electrons. The summed E-state index contributed by atoms with van der Waals surface area (Å²) in [6.45, 7) is 7.18. The van der Waals surface area contributed by atoms with Crippen LogP contribution in [0, 0.1) is 12.8 Å². The number of aromatic nitrogens is 4. The number of nitrogens with zero attached hydrogens (tertiary/aromatic N) is 4. The third-order valence-electron chi connectivity index (χ3n) is 6.10. The van der Waals surface area contributed by atoms with Crippen LogP contribution in [0.15, 0.2) is 61.2 Å². The topological polar surface area (TPSA) is 92.7 Å². The molecule has 7 heteroatoms. The first-order valence-corrected chi connectivity index (χ1v) is 11.1. The number of hydrogen-bond donors (Lipinski definition) is 2. The molecular weight excluding hydrogens is 412 g/mol. The molecule has 0 fully saturated rings. The summed E-state index contributed by atoms with van der Waals surface area (Å²) in [5.41, 5.74) is 5.48. The summed E-state index contributed by atoms with van der Waals surface area (Å²) in [7, 11) is 1.61. The molecule has 2 aromatic heterocycles. The van der Waals surface area contributed by atoms with Crippen LogP contribution >= 0.6 is 0 Å². The number of amides is 1. The van der Waals surface area contributed by atoms with E-state index in [0.717, 1.165) is 40.1 Å². The molecule has 2 aromatic carbocycles. The van der Waals surface area contributed by atoms with Crippen LogP contribution in [-0.2, 0) is 0 Å². The van der Waals surface area contributed by atoms with Crippen molar-refractivity contribution in [3.63, 3.8) is 0 Å². The van der Waals surface area contributed by atoms with Crippen molar-refractivity contribution in [2.45, 2.75) is 26.7 Å². The van der Waals surface area contributed by atoms with Gasteiger partial charge in [-0.3, -0.25) is 4.79 Å². The average Bonchev–Trinajstić information content (AvgIpc) is 2.86. The zero-order valence-electron chi connectivity index (χ0n) is 19.3. The second-order valence-electron chi connectivity index (χ2n) is 8.35. The lowest BCUT2D eigenvalue weighted by atomic mass is 9.87. The molecule has 2 N–H and O–H groups in total. The van der Waals surface area contributed by atoms with E-state index in [2.05, 4.69) is 81.7 Å². The largest absolute Gasteiger partial charge is 0.370 e. The van der Waals surface area contributed by atoms with Gasteiger partial charge in [0, 0.05) is 30.6 Å². The normalized spacial score (nSPS) is 12.8. The van der Waals surface area contributed by atoms with Crippen molar-refractivity contribution in [3.8, 4) is 11.3 Å². The number of anilines is 1. The van der Waals surface area contributed by atoms with Crippen LogP contribution in [0.25, 0.3) is 22.2 Å². The molecule has 7 nitrogen and oxygen atoms in total. The van der Waals surface area contributed by atoms with Gasteiger partial charge in [-0.1, -0.05) is 61.9 Å². The monoisotopic (exact) mass is 440 g/mol. The standard InChI is InChI=1S/C26H28N6O/c1-16-8-10-19(11-9-16)22-12-23(30-14-29-22)28-13-17(2)18(3)20-6-5-7-21-24(20)31-15-32-25(21)26(33)27-4/h5-12,14-15,17-18H,13H2,1-4H3,(H,27,33)(H,28,29,30)/t17-,18?/m1/s1. The van der Waals surface area contributed by atoms with E-state index in [0.29, 0.717) is 5.69 Å². The van der Waals surface area contributed by atoms with Crippen LogP contribution in [0.1, 0.15) is 41.4 Å². The summed E-state index contributed by atoms with van der Waals surface area (Å²) in [4.78, 5) is 29.7. The lowest BCUT2D eigenvalue weighted by Gasteiger charge is -2.22. The van der Waals surface area contributed by atoms with Crippen molar-refractivity contribution < 1.29 is 4.79 Å². The van der Waals surface area contributed by atoms with Crippen molar-refractivity contribution in [1.82, 2.24) is 25.3 Å². The van der Waals surface area contributed by atoms with E-state index < -0.39 is 0 Å². The molecule has 0 aliphatic heterocycles. The molecule has 1 unspecified atom stereocenters. The molecule has 0 saturated heterocycles. The Labute approximate surface area is 193 Å². The zero-order valence-corrected chi connectivity index (χ0v) is 19.3. The summed E-state index contributed by atoms with van der Waals surface area (Å²) in [6.07, 6.45) is 3.05. The fourth-order valence-corrected chi connectivity index (χ4v) is 3.86. The molecule has 33 heavy (non-hydrogen) atoms. The number of carbonyl (C=O) groups excluding carboxylic acids is 1. The van der Waals surface area contributed by atoms with Gasteiger partial charge in [-0.25, -0.2) is 19.9 Å². The minimum absolute atomic E-state index is 0.201. The Balaban J connectivity index is 1.51. The van der Waals surface area contributed by atoms with Gasteiger partial charge >= 0.3 is 0 Å². The molecule has 0 bridgehead atoms. The molecule has 0 aliphatic rings. The van der Waals surface area contributed by atoms with Crippen LogP contribution in [0.2, 0.25) is 0 Å². The number of rotatable bonds is 7. The highest BCUT2D eigenvalue weighted by atomic mass is 16.1. The number of fused-ring (bicyclic) bond motifs is 1. The highest BCUT2D eigenvalue weighted by molar-refractivity contribution is 6.04. The number of hydrogen-bond acceptors (Lipinski definition) is 6. The Morgan fingerprint density at radius 3 is 2.48 bits per heavy atom. The Morgan fingerprint density at radius 2 is 1.73 bits per heavy atom. The molecule has 4 aromatic rings. The Hall–Kier alpha value is -3.87. The molecule has 0 saturated carbocycles. The van der Waals surface area contributed by atoms with Crippen LogP contribution in [-0.4, -0.2) is 39.4 Å². The van der Waals surface area contributed by atoms with Crippen LogP contribution in [0.5, 0.6) is 0 Å². The van der Waals surface area contributed by atoms with E-state index in [1.165, 1.54) is 11.9 Å². The van der Waals surface area contributed by atoms with E-state index in [9.17, 15) is 4.79 Å². The van der Waals surface area contributed by atoms with Crippen molar-refractivity contribution in [2.75, 3.05) is 18.9 Å². The summed E-state index contributed by atoms with van der Waals surface area (Å²) >= 11 is 0. The van der Waals surface area contributed by atoms with Gasteiger partial charge in [0.15, 0.2) is 0 Å². The first kappa shape index (κ1) is 22.3. The van der Waals surface area contributed by atoms with Gasteiger partial charge in [-0.2, -0.15) is 0 Å². The third-order valence-corrected chi connectivity index (χ3v) is 6.10. The molecule has 2 heterocycles. The SMILES string of the molecule is CNC(=O)c1ncnc2c(C(C)[C@H](C)CNc3cc(-c4ccc(C)cc4)ncn3)cccc12. The van der Waals surface area contributed by atoms with Crippen LogP contribution in [0.3, 0.4) is 0 Å². The first-order valence-electron chi connectivity index (χ1n) is 11.1. The molecule has 0 spiro atoms. The predicted molar refractivity (Wildman–Crippen MR) is 131 cm³/mol. The maximum absolute atomic E-state index is 12.2. The lowest BCUT2D eigenvalue weighted by molar-refractivity contribution is 0.0960.